The number of pyridine rings is 1. The van der Waals surface area contributed by atoms with Crippen molar-refractivity contribution in [1.82, 2.24) is 4.98 Å². The molecule has 1 atom stereocenters. The largest absolute Gasteiger partial charge is 0.367 e. The third-order valence-electron chi connectivity index (χ3n) is 4.00. The molecule has 1 aromatic heterocycles. The number of hydrogen-bond donors (Lipinski definition) is 0. The first-order valence-corrected chi connectivity index (χ1v) is 6.89. The lowest BCUT2D eigenvalue weighted by Crippen LogP contribution is -2.29. The molecule has 1 aromatic carbocycles. The summed E-state index contributed by atoms with van der Waals surface area (Å²) in [6.45, 7) is 3.26. The summed E-state index contributed by atoms with van der Waals surface area (Å²) in [4.78, 5) is 6.79. The van der Waals surface area contributed by atoms with Crippen LogP contribution in [0.3, 0.4) is 0 Å². The normalized spacial score (nSPS) is 18.7. The molecule has 0 amide bonds. The fourth-order valence-corrected chi connectivity index (χ4v) is 3.07. The van der Waals surface area contributed by atoms with Crippen molar-refractivity contribution in [3.8, 4) is 6.07 Å². The van der Waals surface area contributed by atoms with E-state index < -0.39 is 0 Å². The van der Waals surface area contributed by atoms with Crippen LogP contribution < -0.4 is 4.90 Å². The van der Waals surface area contributed by atoms with Crippen LogP contribution in [-0.4, -0.2) is 17.6 Å². The summed E-state index contributed by atoms with van der Waals surface area (Å²) in [6, 6.07) is 11.0. The summed E-state index contributed by atoms with van der Waals surface area (Å²) in [5.74, 6) is 0. The Kier molecular flexibility index (Phi) is 3.08. The van der Waals surface area contributed by atoms with E-state index in [1.807, 2.05) is 18.2 Å². The van der Waals surface area contributed by atoms with Crippen LogP contribution in [0.4, 0.5) is 5.69 Å². The van der Waals surface area contributed by atoms with E-state index in [0.717, 1.165) is 29.6 Å². The molecule has 2 aromatic rings. The number of benzene rings is 1. The van der Waals surface area contributed by atoms with Crippen LogP contribution >= 0.6 is 0 Å². The second-order valence-electron chi connectivity index (χ2n) is 5.05. The van der Waals surface area contributed by atoms with E-state index in [9.17, 15) is 5.26 Å². The predicted octanol–water partition coefficient (Wildman–Crippen LogP) is 3.49. The van der Waals surface area contributed by atoms with E-state index in [4.69, 9.17) is 0 Å². The van der Waals surface area contributed by atoms with E-state index in [1.54, 1.807) is 6.20 Å². The van der Waals surface area contributed by atoms with E-state index >= 15 is 0 Å². The summed E-state index contributed by atoms with van der Waals surface area (Å²) in [5, 5.41) is 10.5. The first kappa shape index (κ1) is 12.0. The molecule has 1 saturated heterocycles. The summed E-state index contributed by atoms with van der Waals surface area (Å²) in [7, 11) is 0. The minimum atomic E-state index is 0.554. The van der Waals surface area contributed by atoms with Gasteiger partial charge < -0.3 is 4.90 Å². The molecule has 3 nitrogen and oxygen atoms in total. The van der Waals surface area contributed by atoms with Gasteiger partial charge in [-0.3, -0.25) is 4.98 Å². The lowest BCUT2D eigenvalue weighted by molar-refractivity contribution is 0.646. The second-order valence-corrected chi connectivity index (χ2v) is 5.05. The smallest absolute Gasteiger partial charge is 0.103 e. The fraction of sp³-hybridized carbons (Fsp3) is 0.375. The maximum absolute atomic E-state index is 9.38. The maximum Gasteiger partial charge on any atom is 0.103 e. The van der Waals surface area contributed by atoms with Gasteiger partial charge in [0.2, 0.25) is 0 Å². The number of fused-ring (bicyclic) bond motifs is 1. The number of nitriles is 1. The highest BCUT2D eigenvalue weighted by atomic mass is 15.2. The van der Waals surface area contributed by atoms with E-state index in [1.165, 1.54) is 12.8 Å². The number of aromatic nitrogens is 1. The Morgan fingerprint density at radius 3 is 3.05 bits per heavy atom. The molecule has 0 N–H and O–H groups in total. The number of rotatable bonds is 2. The van der Waals surface area contributed by atoms with E-state index in [-0.39, 0.29) is 0 Å². The Bertz CT molecular complexity index is 642. The molecule has 19 heavy (non-hydrogen) atoms. The molecule has 3 rings (SSSR count). The standard InChI is InChI=1S/C16H17N3/c1-2-13-6-5-9-19(13)16-12(10-17)11-18-15-8-4-3-7-14(15)16/h3-4,7-8,11,13H,2,5-6,9H2,1H3. The highest BCUT2D eigenvalue weighted by Crippen LogP contribution is 2.35. The van der Waals surface area contributed by atoms with E-state index in [0.29, 0.717) is 11.6 Å². The average molecular weight is 251 g/mol. The Labute approximate surface area is 113 Å². The van der Waals surface area contributed by atoms with Gasteiger partial charge in [-0.05, 0) is 25.3 Å². The SMILES string of the molecule is CCC1CCCN1c1c(C#N)cnc2ccccc12. The van der Waals surface area contributed by atoms with Gasteiger partial charge in [0, 0.05) is 24.2 Å². The molecule has 96 valence electrons. The minimum Gasteiger partial charge on any atom is -0.367 e. The van der Waals surface area contributed by atoms with Gasteiger partial charge in [-0.1, -0.05) is 25.1 Å². The van der Waals surface area contributed by atoms with Crippen LogP contribution in [0.2, 0.25) is 0 Å². The molecule has 3 heteroatoms. The molecular formula is C16H17N3. The van der Waals surface area contributed by atoms with Crippen LogP contribution in [0, 0.1) is 11.3 Å². The van der Waals surface area contributed by atoms with Crippen molar-refractivity contribution in [2.45, 2.75) is 32.2 Å². The first-order valence-electron chi connectivity index (χ1n) is 6.89. The molecule has 2 heterocycles. The Balaban J connectivity index is 2.23. The van der Waals surface area contributed by atoms with Gasteiger partial charge in [-0.2, -0.15) is 5.26 Å². The first-order chi connectivity index (χ1) is 9.35. The van der Waals surface area contributed by atoms with Gasteiger partial charge in [0.25, 0.3) is 0 Å². The van der Waals surface area contributed by atoms with Crippen LogP contribution in [0.1, 0.15) is 31.7 Å². The molecule has 0 radical (unpaired) electrons. The van der Waals surface area contributed by atoms with Crippen LogP contribution in [0.15, 0.2) is 30.5 Å². The van der Waals surface area contributed by atoms with Gasteiger partial charge in [0.1, 0.15) is 6.07 Å². The highest BCUT2D eigenvalue weighted by molar-refractivity contribution is 5.94. The number of hydrogen-bond acceptors (Lipinski definition) is 3. The zero-order valence-corrected chi connectivity index (χ0v) is 11.1. The molecule has 1 unspecified atom stereocenters. The van der Waals surface area contributed by atoms with Crippen molar-refractivity contribution >= 4 is 16.6 Å². The van der Waals surface area contributed by atoms with Gasteiger partial charge in [-0.25, -0.2) is 0 Å². The Morgan fingerprint density at radius 2 is 2.26 bits per heavy atom. The van der Waals surface area contributed by atoms with Crippen molar-refractivity contribution in [3.05, 3.63) is 36.0 Å². The maximum atomic E-state index is 9.38. The van der Waals surface area contributed by atoms with Gasteiger partial charge in [-0.15, -0.1) is 0 Å². The summed E-state index contributed by atoms with van der Waals surface area (Å²) < 4.78 is 0. The Hall–Kier alpha value is -2.08. The summed E-state index contributed by atoms with van der Waals surface area (Å²) >= 11 is 0. The van der Waals surface area contributed by atoms with Gasteiger partial charge in [0.05, 0.1) is 16.8 Å². The van der Waals surface area contributed by atoms with Crippen molar-refractivity contribution in [3.63, 3.8) is 0 Å². The van der Waals surface area contributed by atoms with Gasteiger partial charge in [0.15, 0.2) is 0 Å². The molecular weight excluding hydrogens is 234 g/mol. The minimum absolute atomic E-state index is 0.554. The van der Waals surface area contributed by atoms with Crippen molar-refractivity contribution in [2.75, 3.05) is 11.4 Å². The highest BCUT2D eigenvalue weighted by Gasteiger charge is 2.26. The zero-order chi connectivity index (χ0) is 13.2. The second kappa shape index (κ2) is 4.89. The number of para-hydroxylation sites is 1. The topological polar surface area (TPSA) is 39.9 Å². The third-order valence-corrected chi connectivity index (χ3v) is 4.00. The fourth-order valence-electron chi connectivity index (χ4n) is 3.07. The van der Waals surface area contributed by atoms with Crippen LogP contribution in [-0.2, 0) is 0 Å². The number of anilines is 1. The number of nitrogens with zero attached hydrogens (tertiary/aromatic N) is 3. The molecule has 0 bridgehead atoms. The van der Waals surface area contributed by atoms with Crippen LogP contribution in [0.25, 0.3) is 10.9 Å². The van der Waals surface area contributed by atoms with Crippen molar-refractivity contribution in [1.29, 1.82) is 5.26 Å². The molecule has 1 fully saturated rings. The molecule has 0 spiro atoms. The van der Waals surface area contributed by atoms with Crippen molar-refractivity contribution < 1.29 is 0 Å². The summed E-state index contributed by atoms with van der Waals surface area (Å²) in [6.07, 6.45) is 5.27. The van der Waals surface area contributed by atoms with Crippen LogP contribution in [0.5, 0.6) is 0 Å². The van der Waals surface area contributed by atoms with Gasteiger partial charge >= 0.3 is 0 Å². The quantitative estimate of drug-likeness (QED) is 0.820. The van der Waals surface area contributed by atoms with E-state index in [2.05, 4.69) is 28.9 Å². The molecule has 1 aliphatic heterocycles. The zero-order valence-electron chi connectivity index (χ0n) is 11.1. The predicted molar refractivity (Wildman–Crippen MR) is 77.1 cm³/mol. The summed E-state index contributed by atoms with van der Waals surface area (Å²) in [5.41, 5.74) is 2.75. The lowest BCUT2D eigenvalue weighted by atomic mass is 10.1. The monoisotopic (exact) mass is 251 g/mol. The third kappa shape index (κ3) is 1.94. The molecule has 0 aliphatic carbocycles. The molecule has 0 saturated carbocycles. The molecule has 1 aliphatic rings. The lowest BCUT2D eigenvalue weighted by Gasteiger charge is -2.27. The Morgan fingerprint density at radius 1 is 1.42 bits per heavy atom. The van der Waals surface area contributed by atoms with Crippen molar-refractivity contribution in [2.24, 2.45) is 0 Å². The average Bonchev–Trinajstić information content (AvgIpc) is 2.94.